The summed E-state index contributed by atoms with van der Waals surface area (Å²) in [7, 11) is 0. The van der Waals surface area contributed by atoms with Crippen LogP contribution in [0.3, 0.4) is 0 Å². The molecule has 0 unspecified atom stereocenters. The lowest BCUT2D eigenvalue weighted by atomic mass is 10.2. The molecule has 1 fully saturated rings. The third-order valence-corrected chi connectivity index (χ3v) is 4.58. The minimum absolute atomic E-state index is 0.757. The first-order chi connectivity index (χ1) is 8.66. The van der Waals surface area contributed by atoms with Gasteiger partial charge in [-0.05, 0) is 39.2 Å². The maximum atomic E-state index is 4.53. The van der Waals surface area contributed by atoms with Crippen LogP contribution in [0.1, 0.15) is 42.6 Å². The molecule has 1 aromatic heterocycles. The van der Waals surface area contributed by atoms with E-state index in [0.717, 1.165) is 34.9 Å². The highest BCUT2D eigenvalue weighted by Crippen LogP contribution is 2.19. The first-order valence-electron chi connectivity index (χ1n) is 6.85. The Morgan fingerprint density at radius 3 is 2.33 bits per heavy atom. The van der Waals surface area contributed by atoms with E-state index in [0.29, 0.717) is 0 Å². The summed E-state index contributed by atoms with van der Waals surface area (Å²) in [5.41, 5.74) is 3.42. The lowest BCUT2D eigenvalue weighted by molar-refractivity contribution is 0.545. The number of aryl methyl sites for hydroxylation is 2. The number of hydrogen-bond acceptors (Lipinski definition) is 4. The zero-order valence-corrected chi connectivity index (χ0v) is 12.4. The summed E-state index contributed by atoms with van der Waals surface area (Å²) in [6, 6.07) is 0.757. The third-order valence-electron chi connectivity index (χ3n) is 3.73. The molecule has 0 atom stereocenters. The predicted molar refractivity (Wildman–Crippen MR) is 77.2 cm³/mol. The van der Waals surface area contributed by atoms with Crippen molar-refractivity contribution >= 4 is 11.8 Å². The Bertz CT molecular complexity index is 377. The van der Waals surface area contributed by atoms with Crippen LogP contribution in [0.4, 0.5) is 0 Å². The normalized spacial score (nSPS) is 16.4. The first-order valence-corrected chi connectivity index (χ1v) is 7.83. The van der Waals surface area contributed by atoms with Gasteiger partial charge in [0.2, 0.25) is 0 Å². The van der Waals surface area contributed by atoms with E-state index in [1.165, 1.54) is 31.2 Å². The molecule has 0 amide bonds. The van der Waals surface area contributed by atoms with Crippen LogP contribution in [0.2, 0.25) is 0 Å². The van der Waals surface area contributed by atoms with Crippen molar-refractivity contribution in [2.45, 2.75) is 57.7 Å². The molecule has 0 radical (unpaired) electrons. The van der Waals surface area contributed by atoms with Crippen molar-refractivity contribution in [2.24, 2.45) is 0 Å². The van der Waals surface area contributed by atoms with E-state index < -0.39 is 0 Å². The number of hydrogen-bond donors (Lipinski definition) is 1. The summed E-state index contributed by atoms with van der Waals surface area (Å²) in [5.74, 6) is 1.05. The van der Waals surface area contributed by atoms with Crippen LogP contribution < -0.4 is 5.32 Å². The van der Waals surface area contributed by atoms with Gasteiger partial charge in [-0.3, -0.25) is 0 Å². The zero-order valence-electron chi connectivity index (χ0n) is 11.6. The van der Waals surface area contributed by atoms with Crippen LogP contribution in [-0.4, -0.2) is 28.3 Å². The summed E-state index contributed by atoms with van der Waals surface area (Å²) in [6.07, 6.45) is 5.49. The fourth-order valence-corrected chi connectivity index (χ4v) is 3.15. The van der Waals surface area contributed by atoms with Gasteiger partial charge in [0.15, 0.2) is 5.16 Å². The topological polar surface area (TPSA) is 37.8 Å². The minimum Gasteiger partial charge on any atom is -0.313 e. The Hall–Kier alpha value is -0.610. The van der Waals surface area contributed by atoms with Crippen LogP contribution in [0, 0.1) is 20.8 Å². The second-order valence-electron chi connectivity index (χ2n) is 5.09. The van der Waals surface area contributed by atoms with Gasteiger partial charge >= 0.3 is 0 Å². The SMILES string of the molecule is Cc1nc(SCCNC2CCCC2)nc(C)c1C. The summed E-state index contributed by atoms with van der Waals surface area (Å²) in [6.45, 7) is 7.27. The minimum atomic E-state index is 0.757. The summed E-state index contributed by atoms with van der Waals surface area (Å²) >= 11 is 1.76. The monoisotopic (exact) mass is 265 g/mol. The van der Waals surface area contributed by atoms with Gasteiger partial charge < -0.3 is 5.32 Å². The van der Waals surface area contributed by atoms with E-state index in [4.69, 9.17) is 0 Å². The fourth-order valence-electron chi connectivity index (χ4n) is 2.34. The maximum Gasteiger partial charge on any atom is 0.188 e. The van der Waals surface area contributed by atoms with Crippen molar-refractivity contribution in [3.8, 4) is 0 Å². The smallest absolute Gasteiger partial charge is 0.188 e. The Kier molecular flexibility index (Phi) is 5.01. The largest absolute Gasteiger partial charge is 0.313 e. The molecule has 100 valence electrons. The van der Waals surface area contributed by atoms with Crippen molar-refractivity contribution in [3.05, 3.63) is 17.0 Å². The average Bonchev–Trinajstić information content (AvgIpc) is 2.84. The Morgan fingerprint density at radius 2 is 1.72 bits per heavy atom. The predicted octanol–water partition coefficient (Wildman–Crippen LogP) is 3.03. The highest BCUT2D eigenvalue weighted by atomic mass is 32.2. The standard InChI is InChI=1S/C14H23N3S/c1-10-11(2)16-14(17-12(10)3)18-9-8-15-13-6-4-5-7-13/h13,15H,4-9H2,1-3H3. The molecule has 2 rings (SSSR count). The van der Waals surface area contributed by atoms with Gasteiger partial charge in [0.25, 0.3) is 0 Å². The highest BCUT2D eigenvalue weighted by Gasteiger charge is 2.13. The number of aromatic nitrogens is 2. The van der Waals surface area contributed by atoms with E-state index in [1.807, 2.05) is 0 Å². The Balaban J connectivity index is 1.76. The molecule has 1 heterocycles. The van der Waals surface area contributed by atoms with Gasteiger partial charge in [0, 0.05) is 29.7 Å². The van der Waals surface area contributed by atoms with Crippen molar-refractivity contribution < 1.29 is 0 Å². The summed E-state index contributed by atoms with van der Waals surface area (Å²) in [5, 5.41) is 4.54. The Labute approximate surface area is 114 Å². The maximum absolute atomic E-state index is 4.53. The van der Waals surface area contributed by atoms with Gasteiger partial charge in [0.1, 0.15) is 0 Å². The fraction of sp³-hybridized carbons (Fsp3) is 0.714. The van der Waals surface area contributed by atoms with Crippen LogP contribution in [0.5, 0.6) is 0 Å². The van der Waals surface area contributed by atoms with Crippen LogP contribution in [0.25, 0.3) is 0 Å². The lowest BCUT2D eigenvalue weighted by Crippen LogP contribution is -2.28. The van der Waals surface area contributed by atoms with Crippen LogP contribution >= 0.6 is 11.8 Å². The molecule has 1 aliphatic carbocycles. The van der Waals surface area contributed by atoms with E-state index in [2.05, 4.69) is 36.1 Å². The van der Waals surface area contributed by atoms with Crippen LogP contribution in [-0.2, 0) is 0 Å². The summed E-state index contributed by atoms with van der Waals surface area (Å²) in [4.78, 5) is 9.05. The number of rotatable bonds is 5. The number of thioether (sulfide) groups is 1. The average molecular weight is 265 g/mol. The molecule has 0 aliphatic heterocycles. The molecule has 0 saturated heterocycles. The zero-order chi connectivity index (χ0) is 13.0. The molecule has 1 N–H and O–H groups in total. The van der Waals surface area contributed by atoms with E-state index in [1.54, 1.807) is 11.8 Å². The third kappa shape index (κ3) is 3.69. The second-order valence-corrected chi connectivity index (χ2v) is 6.15. The van der Waals surface area contributed by atoms with Crippen molar-refractivity contribution in [3.63, 3.8) is 0 Å². The summed E-state index contributed by atoms with van der Waals surface area (Å²) < 4.78 is 0. The number of nitrogens with one attached hydrogen (secondary N) is 1. The van der Waals surface area contributed by atoms with Gasteiger partial charge in [-0.1, -0.05) is 24.6 Å². The molecule has 1 aliphatic rings. The first kappa shape index (κ1) is 13.8. The molecule has 1 saturated carbocycles. The highest BCUT2D eigenvalue weighted by molar-refractivity contribution is 7.99. The lowest BCUT2D eigenvalue weighted by Gasteiger charge is -2.11. The van der Waals surface area contributed by atoms with E-state index in [-0.39, 0.29) is 0 Å². The van der Waals surface area contributed by atoms with Gasteiger partial charge in [-0.2, -0.15) is 0 Å². The Morgan fingerprint density at radius 1 is 1.11 bits per heavy atom. The van der Waals surface area contributed by atoms with Crippen LogP contribution in [0.15, 0.2) is 5.16 Å². The molecular formula is C14H23N3S. The van der Waals surface area contributed by atoms with E-state index in [9.17, 15) is 0 Å². The quantitative estimate of drug-likeness (QED) is 0.504. The molecule has 0 aromatic carbocycles. The van der Waals surface area contributed by atoms with Crippen molar-refractivity contribution in [2.75, 3.05) is 12.3 Å². The van der Waals surface area contributed by atoms with Crippen molar-refractivity contribution in [1.82, 2.24) is 15.3 Å². The van der Waals surface area contributed by atoms with Gasteiger partial charge in [0.05, 0.1) is 0 Å². The molecular weight excluding hydrogens is 242 g/mol. The van der Waals surface area contributed by atoms with Gasteiger partial charge in [-0.25, -0.2) is 9.97 Å². The molecule has 18 heavy (non-hydrogen) atoms. The molecule has 1 aromatic rings. The molecule has 3 nitrogen and oxygen atoms in total. The van der Waals surface area contributed by atoms with Crippen molar-refractivity contribution in [1.29, 1.82) is 0 Å². The second kappa shape index (κ2) is 6.53. The number of nitrogens with zero attached hydrogens (tertiary/aromatic N) is 2. The van der Waals surface area contributed by atoms with Gasteiger partial charge in [-0.15, -0.1) is 0 Å². The molecule has 0 bridgehead atoms. The molecule has 0 spiro atoms. The van der Waals surface area contributed by atoms with E-state index >= 15 is 0 Å². The molecule has 4 heteroatoms.